The topological polar surface area (TPSA) is 90.2 Å². The quantitative estimate of drug-likeness (QED) is 0.354. The molecule has 0 rings (SSSR count). The first-order valence-electron chi connectivity index (χ1n) is 0.408. The van der Waals surface area contributed by atoms with Crippen LogP contribution in [0.1, 0.15) is 0 Å². The molecule has 0 bridgehead atoms. The minimum atomic E-state index is 0. The van der Waals surface area contributed by atoms with Crippen molar-refractivity contribution in [3.8, 4) is 0 Å². The maximum absolute atomic E-state index is 4.25. The van der Waals surface area contributed by atoms with Gasteiger partial charge in [-0.2, -0.15) is 5.84 Å². The van der Waals surface area contributed by atoms with Crippen molar-refractivity contribution >= 4 is 54.0 Å². The van der Waals surface area contributed by atoms with Crippen molar-refractivity contribution in [3.63, 3.8) is 0 Å². The van der Waals surface area contributed by atoms with E-state index in [1.54, 1.807) is 0 Å². The van der Waals surface area contributed by atoms with Crippen LogP contribution in [-0.4, -0.2) is 0 Å². The number of quaternary nitrogens is 2. The molecule has 9 N–H and O–H groups in total. The van der Waals surface area contributed by atoms with E-state index >= 15 is 0 Å². The second-order valence-corrected chi connectivity index (χ2v) is 0. The molecule has 0 aliphatic rings. The molecule has 3 nitrogen and oxygen atoms in total. The SMILES string of the molecule is N[NH3+].[NH4+].[S-2].[S-2].[S-2].[S-2].[W]. The zero-order valence-corrected chi connectivity index (χ0v) is 10.5. The van der Waals surface area contributed by atoms with E-state index in [1.807, 2.05) is 0 Å². The van der Waals surface area contributed by atoms with Crippen LogP contribution in [0.4, 0.5) is 0 Å². The van der Waals surface area contributed by atoms with Crippen LogP contribution in [-0.2, 0) is 75.0 Å². The smallest absolute Gasteiger partial charge is 0 e. The van der Waals surface area contributed by atoms with Gasteiger partial charge in [0.25, 0.3) is 0 Å². The minimum absolute atomic E-state index is 0. The maximum Gasteiger partial charge on any atom is 0 e. The van der Waals surface area contributed by atoms with Crippen LogP contribution < -0.4 is 17.8 Å². The molecule has 0 aromatic heterocycles. The van der Waals surface area contributed by atoms with Gasteiger partial charge in [-0.05, 0) is 0 Å². The molecule has 0 aromatic carbocycles. The normalized spacial score (nSPS) is 0.750. The molecule has 60 valence electrons. The Morgan fingerprint density at radius 3 is 0.750 bits per heavy atom. The molecular weight excluding hydrogens is 354 g/mol. The van der Waals surface area contributed by atoms with E-state index < -0.39 is 0 Å². The van der Waals surface area contributed by atoms with Crippen LogP contribution in [0.3, 0.4) is 0 Å². The minimum Gasteiger partial charge on any atom is -2.00 e. The second-order valence-electron chi connectivity index (χ2n) is 0. The Morgan fingerprint density at radius 1 is 0.750 bits per heavy atom. The summed E-state index contributed by atoms with van der Waals surface area (Å²) in [6.07, 6.45) is 0. The van der Waals surface area contributed by atoms with E-state index in [-0.39, 0.29) is 81.2 Å². The summed E-state index contributed by atoms with van der Waals surface area (Å²) >= 11 is 0. The van der Waals surface area contributed by atoms with Crippen LogP contribution >= 0.6 is 0 Å². The average Bonchev–Trinajstić information content (AvgIpc) is 1.00. The van der Waals surface area contributed by atoms with Gasteiger partial charge in [0.15, 0.2) is 0 Å². The Morgan fingerprint density at radius 2 is 0.750 bits per heavy atom. The van der Waals surface area contributed by atoms with E-state index in [0.29, 0.717) is 0 Å². The molecule has 0 fully saturated rings. The summed E-state index contributed by atoms with van der Waals surface area (Å²) in [6, 6.07) is 0. The van der Waals surface area contributed by atoms with Gasteiger partial charge in [-0.1, -0.05) is 0 Å². The molecule has 0 saturated heterocycles. The van der Waals surface area contributed by atoms with Crippen LogP contribution in [0.15, 0.2) is 0 Å². The van der Waals surface area contributed by atoms with Crippen molar-refractivity contribution in [1.29, 1.82) is 0 Å². The van der Waals surface area contributed by atoms with Crippen LogP contribution in [0.25, 0.3) is 0 Å². The van der Waals surface area contributed by atoms with E-state index in [0.717, 1.165) is 0 Å². The third kappa shape index (κ3) is 99.9. The summed E-state index contributed by atoms with van der Waals surface area (Å²) < 4.78 is 0. The summed E-state index contributed by atoms with van der Waals surface area (Å²) in [5.74, 6) is 7.00. The van der Waals surface area contributed by atoms with Crippen molar-refractivity contribution in [2.75, 3.05) is 0 Å². The van der Waals surface area contributed by atoms with Gasteiger partial charge in [-0.25, -0.2) is 0 Å². The molecule has 0 unspecified atom stereocenters. The largest absolute Gasteiger partial charge is 2.00 e. The Bertz CT molecular complexity index is 11.2. The molecule has 8 heteroatoms. The molecule has 0 saturated carbocycles. The zero-order valence-electron chi connectivity index (χ0n) is 4.33. The van der Waals surface area contributed by atoms with Crippen LogP contribution in [0.5, 0.6) is 0 Å². The van der Waals surface area contributed by atoms with E-state index in [2.05, 4.69) is 11.7 Å². The number of rotatable bonds is 0. The van der Waals surface area contributed by atoms with Gasteiger partial charge in [0.1, 0.15) is 0 Å². The molecule has 8 heavy (non-hydrogen) atoms. The predicted molar refractivity (Wildman–Crippen MR) is 42.5 cm³/mol. The third-order valence-corrected chi connectivity index (χ3v) is 0. The maximum atomic E-state index is 4.25. The molecule has 0 aromatic rings. The predicted octanol–water partition coefficient (Wildman–Crippen LogP) is -1.53. The number of hydrogen-bond acceptors (Lipinski definition) is 1. The van der Waals surface area contributed by atoms with Crippen LogP contribution in [0.2, 0.25) is 0 Å². The Hall–Kier alpha value is 1.97. The standard InChI is InChI=1S/H4N2.H3N.4S.W/c1-2;;;;;;/h1-2H2;1H3;;;;;/q;;4*-2;/p+2. The van der Waals surface area contributed by atoms with E-state index in [9.17, 15) is 0 Å². The van der Waals surface area contributed by atoms with Crippen molar-refractivity contribution in [3.05, 3.63) is 0 Å². The fraction of sp³-hybridized carbons (Fsp3) is 0. The van der Waals surface area contributed by atoms with E-state index in [4.69, 9.17) is 0 Å². The Kier molecular flexibility index (Phi) is 1670. The molecular formula is H9N3S4W-6. The molecule has 0 aliphatic carbocycles. The van der Waals surface area contributed by atoms with Gasteiger partial charge < -0.3 is 60.1 Å². The van der Waals surface area contributed by atoms with Gasteiger partial charge in [0.05, 0.1) is 0 Å². The van der Waals surface area contributed by atoms with E-state index in [1.165, 1.54) is 0 Å². The van der Waals surface area contributed by atoms with Gasteiger partial charge in [0.2, 0.25) is 0 Å². The molecule has 0 atom stereocenters. The summed E-state index contributed by atoms with van der Waals surface area (Å²) in [4.78, 5) is 0. The fourth-order valence-electron chi connectivity index (χ4n) is 0. The van der Waals surface area contributed by atoms with Crippen molar-refractivity contribution in [1.82, 2.24) is 6.15 Å². The van der Waals surface area contributed by atoms with Gasteiger partial charge in [0, 0.05) is 21.1 Å². The first-order valence-corrected chi connectivity index (χ1v) is 0.408. The molecule has 0 spiro atoms. The summed E-state index contributed by atoms with van der Waals surface area (Å²) in [5, 5.41) is 0. The number of hydrogen-bond donors (Lipinski definition) is 3. The fourth-order valence-corrected chi connectivity index (χ4v) is 0. The van der Waals surface area contributed by atoms with Crippen molar-refractivity contribution in [2.24, 2.45) is 5.84 Å². The zero-order chi connectivity index (χ0) is 2.00. The first-order chi connectivity index (χ1) is 1.00. The third-order valence-electron chi connectivity index (χ3n) is 0. The van der Waals surface area contributed by atoms with Crippen molar-refractivity contribution in [2.45, 2.75) is 0 Å². The average molecular weight is 363 g/mol. The van der Waals surface area contributed by atoms with Crippen molar-refractivity contribution < 1.29 is 26.9 Å². The molecule has 0 heterocycles. The Balaban J connectivity index is -0.000000000333. The number of nitrogens with two attached hydrogens (primary N) is 1. The molecule has 0 aliphatic heterocycles. The monoisotopic (exact) mass is 363 g/mol. The molecule has 0 amide bonds. The van der Waals surface area contributed by atoms with Gasteiger partial charge in [-0.15, -0.1) is 0 Å². The summed E-state index contributed by atoms with van der Waals surface area (Å²) in [7, 11) is 0. The van der Waals surface area contributed by atoms with Crippen LogP contribution in [0, 0.1) is 0 Å². The summed E-state index contributed by atoms with van der Waals surface area (Å²) in [6.45, 7) is 0. The van der Waals surface area contributed by atoms with Gasteiger partial charge >= 0.3 is 0 Å². The molecule has 0 radical (unpaired) electrons. The Labute approximate surface area is 92.3 Å². The first kappa shape index (κ1) is 91.0. The summed E-state index contributed by atoms with van der Waals surface area (Å²) in [5.41, 5.74) is 0. The van der Waals surface area contributed by atoms with Gasteiger partial charge in [-0.3, -0.25) is 5.84 Å². The second kappa shape index (κ2) is 147.